The van der Waals surface area contributed by atoms with Crippen molar-refractivity contribution in [1.82, 2.24) is 4.90 Å². The third-order valence-corrected chi connectivity index (χ3v) is 4.25. The van der Waals surface area contributed by atoms with Crippen LogP contribution in [0.1, 0.15) is 36.2 Å². The van der Waals surface area contributed by atoms with Crippen molar-refractivity contribution in [2.24, 2.45) is 0 Å². The molecule has 2 rings (SSSR count). The van der Waals surface area contributed by atoms with Gasteiger partial charge in [-0.2, -0.15) is 0 Å². The minimum absolute atomic E-state index is 0.419. The highest BCUT2D eigenvalue weighted by Crippen LogP contribution is 2.24. The Bertz CT molecular complexity index is 479. The van der Waals surface area contributed by atoms with Crippen LogP contribution in [0.3, 0.4) is 0 Å². The molecule has 0 aliphatic carbocycles. The molecule has 0 aromatic heterocycles. The number of aryl methyl sites for hydroxylation is 1. The summed E-state index contributed by atoms with van der Waals surface area (Å²) in [6, 6.07) is 6.30. The second-order valence-electron chi connectivity index (χ2n) is 5.61. The lowest BCUT2D eigenvalue weighted by Crippen LogP contribution is -2.49. The molecule has 1 saturated heterocycles. The first-order valence-corrected chi connectivity index (χ1v) is 7.36. The van der Waals surface area contributed by atoms with Crippen LogP contribution in [0.15, 0.2) is 18.2 Å². The molecule has 4 nitrogen and oxygen atoms in total. The van der Waals surface area contributed by atoms with E-state index in [1.54, 1.807) is 6.07 Å². The van der Waals surface area contributed by atoms with Crippen molar-refractivity contribution in [3.63, 3.8) is 0 Å². The number of carbonyl (C=O) groups is 1. The van der Waals surface area contributed by atoms with Crippen LogP contribution in [-0.4, -0.2) is 48.2 Å². The van der Waals surface area contributed by atoms with Crippen molar-refractivity contribution in [3.05, 3.63) is 29.3 Å². The van der Waals surface area contributed by atoms with E-state index in [1.165, 1.54) is 0 Å². The third-order valence-electron chi connectivity index (χ3n) is 4.25. The Morgan fingerprint density at radius 3 is 2.50 bits per heavy atom. The van der Waals surface area contributed by atoms with E-state index < -0.39 is 5.97 Å². The summed E-state index contributed by atoms with van der Waals surface area (Å²) in [4.78, 5) is 16.1. The molecule has 1 unspecified atom stereocenters. The molecule has 20 heavy (non-hydrogen) atoms. The van der Waals surface area contributed by atoms with Gasteiger partial charge in [0.25, 0.3) is 0 Å². The highest BCUT2D eigenvalue weighted by molar-refractivity contribution is 5.94. The van der Waals surface area contributed by atoms with Crippen LogP contribution in [0, 0.1) is 6.92 Å². The summed E-state index contributed by atoms with van der Waals surface area (Å²) in [6.07, 6.45) is 1.16. The summed E-state index contributed by atoms with van der Waals surface area (Å²) >= 11 is 0. The Kier molecular flexibility index (Phi) is 4.65. The SMILES string of the molecule is CCC(C)N1CCN(c2ccc(C)cc2C(=O)O)CC1. The quantitative estimate of drug-likeness (QED) is 0.918. The van der Waals surface area contributed by atoms with Crippen molar-refractivity contribution in [2.75, 3.05) is 31.1 Å². The molecular formula is C16H24N2O2. The average Bonchev–Trinajstić information content (AvgIpc) is 2.46. The number of carboxylic acid groups (broad SMARTS) is 1. The van der Waals surface area contributed by atoms with E-state index in [9.17, 15) is 9.90 Å². The smallest absolute Gasteiger partial charge is 0.337 e. The number of rotatable bonds is 4. The topological polar surface area (TPSA) is 43.8 Å². The zero-order valence-electron chi connectivity index (χ0n) is 12.6. The monoisotopic (exact) mass is 276 g/mol. The Hall–Kier alpha value is -1.55. The van der Waals surface area contributed by atoms with Crippen molar-refractivity contribution in [1.29, 1.82) is 0 Å². The normalized spacial score (nSPS) is 18.1. The van der Waals surface area contributed by atoms with Crippen LogP contribution in [-0.2, 0) is 0 Å². The van der Waals surface area contributed by atoms with E-state index >= 15 is 0 Å². The maximum Gasteiger partial charge on any atom is 0.337 e. The highest BCUT2D eigenvalue weighted by atomic mass is 16.4. The number of hydrogen-bond acceptors (Lipinski definition) is 3. The summed E-state index contributed by atoms with van der Waals surface area (Å²) in [7, 11) is 0. The van der Waals surface area contributed by atoms with Crippen LogP contribution in [0.2, 0.25) is 0 Å². The second-order valence-corrected chi connectivity index (χ2v) is 5.61. The summed E-state index contributed by atoms with van der Waals surface area (Å²) in [5.41, 5.74) is 2.26. The maximum atomic E-state index is 11.4. The lowest BCUT2D eigenvalue weighted by Gasteiger charge is -2.39. The van der Waals surface area contributed by atoms with Gasteiger partial charge in [-0.15, -0.1) is 0 Å². The number of hydrogen-bond donors (Lipinski definition) is 1. The van der Waals surface area contributed by atoms with Gasteiger partial charge in [-0.3, -0.25) is 4.90 Å². The molecule has 1 heterocycles. The lowest BCUT2D eigenvalue weighted by atomic mass is 10.1. The van der Waals surface area contributed by atoms with Gasteiger partial charge in [0.15, 0.2) is 0 Å². The van der Waals surface area contributed by atoms with E-state index in [4.69, 9.17) is 0 Å². The molecule has 1 fully saturated rings. The van der Waals surface area contributed by atoms with Crippen LogP contribution in [0.25, 0.3) is 0 Å². The van der Waals surface area contributed by atoms with E-state index in [0.29, 0.717) is 11.6 Å². The van der Waals surface area contributed by atoms with Crippen molar-refractivity contribution < 1.29 is 9.90 Å². The number of benzene rings is 1. The number of piperazine rings is 1. The molecule has 0 radical (unpaired) electrons. The standard InChI is InChI=1S/C16H24N2O2/c1-4-13(3)17-7-9-18(10-8-17)15-6-5-12(2)11-14(15)16(19)20/h5-6,11,13H,4,7-10H2,1-3H3,(H,19,20). The minimum atomic E-state index is -0.840. The molecule has 1 aliphatic rings. The first kappa shape index (κ1) is 14.9. The fourth-order valence-corrected chi connectivity index (χ4v) is 2.76. The molecule has 0 amide bonds. The van der Waals surface area contributed by atoms with E-state index in [-0.39, 0.29) is 0 Å². The van der Waals surface area contributed by atoms with Crippen LogP contribution < -0.4 is 4.90 Å². The minimum Gasteiger partial charge on any atom is -0.478 e. The molecule has 0 spiro atoms. The Morgan fingerprint density at radius 1 is 1.30 bits per heavy atom. The van der Waals surface area contributed by atoms with Gasteiger partial charge in [-0.1, -0.05) is 18.6 Å². The summed E-state index contributed by atoms with van der Waals surface area (Å²) in [5.74, 6) is -0.840. The number of aromatic carboxylic acids is 1. The molecule has 4 heteroatoms. The fourth-order valence-electron chi connectivity index (χ4n) is 2.76. The predicted molar refractivity (Wildman–Crippen MR) is 81.7 cm³/mol. The molecule has 1 aromatic rings. The molecule has 0 bridgehead atoms. The fraction of sp³-hybridized carbons (Fsp3) is 0.562. The first-order chi connectivity index (χ1) is 9.52. The largest absolute Gasteiger partial charge is 0.478 e. The number of carboxylic acids is 1. The third kappa shape index (κ3) is 3.12. The van der Waals surface area contributed by atoms with Gasteiger partial charge in [0.1, 0.15) is 0 Å². The molecule has 1 aromatic carbocycles. The van der Waals surface area contributed by atoms with Gasteiger partial charge in [-0.05, 0) is 32.4 Å². The summed E-state index contributed by atoms with van der Waals surface area (Å²) in [6.45, 7) is 10.2. The zero-order chi connectivity index (χ0) is 14.7. The van der Waals surface area contributed by atoms with Crippen molar-refractivity contribution >= 4 is 11.7 Å². The van der Waals surface area contributed by atoms with Crippen molar-refractivity contribution in [3.8, 4) is 0 Å². The van der Waals surface area contributed by atoms with Crippen LogP contribution in [0.5, 0.6) is 0 Å². The molecule has 1 atom stereocenters. The van der Waals surface area contributed by atoms with E-state index in [2.05, 4.69) is 23.6 Å². The molecular weight excluding hydrogens is 252 g/mol. The van der Waals surface area contributed by atoms with Gasteiger partial charge >= 0.3 is 5.97 Å². The Balaban J connectivity index is 2.13. The highest BCUT2D eigenvalue weighted by Gasteiger charge is 2.23. The molecule has 1 N–H and O–H groups in total. The van der Waals surface area contributed by atoms with Gasteiger partial charge < -0.3 is 10.0 Å². The maximum absolute atomic E-state index is 11.4. The van der Waals surface area contributed by atoms with Crippen LogP contribution >= 0.6 is 0 Å². The first-order valence-electron chi connectivity index (χ1n) is 7.36. The summed E-state index contributed by atoms with van der Waals surface area (Å²) in [5, 5.41) is 9.36. The zero-order valence-corrected chi connectivity index (χ0v) is 12.6. The average molecular weight is 276 g/mol. The predicted octanol–water partition coefficient (Wildman–Crippen LogP) is 2.61. The molecule has 0 saturated carbocycles. The summed E-state index contributed by atoms with van der Waals surface area (Å²) < 4.78 is 0. The van der Waals surface area contributed by atoms with Crippen LogP contribution in [0.4, 0.5) is 5.69 Å². The van der Waals surface area contributed by atoms with Gasteiger partial charge in [0, 0.05) is 32.2 Å². The van der Waals surface area contributed by atoms with E-state index in [1.807, 2.05) is 19.1 Å². The van der Waals surface area contributed by atoms with E-state index in [0.717, 1.165) is 43.9 Å². The molecule has 1 aliphatic heterocycles. The molecule has 110 valence electrons. The number of anilines is 1. The number of nitrogens with zero attached hydrogens (tertiary/aromatic N) is 2. The Labute approximate surface area is 121 Å². The lowest BCUT2D eigenvalue weighted by molar-refractivity contribution is 0.0697. The van der Waals surface area contributed by atoms with Gasteiger partial charge in [-0.25, -0.2) is 4.79 Å². The second kappa shape index (κ2) is 6.27. The van der Waals surface area contributed by atoms with Gasteiger partial charge in [0.05, 0.1) is 11.3 Å². The van der Waals surface area contributed by atoms with Crippen molar-refractivity contribution in [2.45, 2.75) is 33.2 Å². The Morgan fingerprint density at radius 2 is 1.95 bits per heavy atom. The van der Waals surface area contributed by atoms with Gasteiger partial charge in [0.2, 0.25) is 0 Å².